The van der Waals surface area contributed by atoms with Crippen LogP contribution in [0.2, 0.25) is 0 Å². The molecule has 84 valence electrons. The molecule has 3 N–H and O–H groups in total. The van der Waals surface area contributed by atoms with Gasteiger partial charge in [-0.05, 0) is 18.2 Å². The number of benzene rings is 1. The zero-order chi connectivity index (χ0) is 11.8. The lowest BCUT2D eigenvalue weighted by atomic mass is 10.3. The van der Waals surface area contributed by atoms with Crippen molar-refractivity contribution < 1.29 is 9.90 Å². The molecule has 0 heterocycles. The molecular weight excluding hydrogens is 206 g/mol. The monoisotopic (exact) mass is 219 g/mol. The average molecular weight is 219 g/mol. The van der Waals surface area contributed by atoms with Gasteiger partial charge in [0, 0.05) is 13.2 Å². The van der Waals surface area contributed by atoms with E-state index in [4.69, 9.17) is 0 Å². The molecule has 0 fully saturated rings. The predicted molar refractivity (Wildman–Crippen MR) is 63.4 cm³/mol. The highest BCUT2D eigenvalue weighted by atomic mass is 16.3. The molecule has 1 rings (SSSR count). The summed E-state index contributed by atoms with van der Waals surface area (Å²) in [4.78, 5) is 14.0. The van der Waals surface area contributed by atoms with Gasteiger partial charge in [0.2, 0.25) is 6.41 Å². The Morgan fingerprint density at radius 2 is 2.19 bits per heavy atom. The van der Waals surface area contributed by atoms with Gasteiger partial charge in [-0.25, -0.2) is 0 Å². The molecule has 0 saturated heterocycles. The maximum Gasteiger partial charge on any atom is 0.211 e. The molecular formula is C11H13N3O2. The highest BCUT2D eigenvalue weighted by Gasteiger charge is 1.99. The normalized spacial score (nSPS) is 11.4. The molecule has 1 amide bonds. The molecule has 0 saturated carbocycles. The molecule has 0 unspecified atom stereocenters. The van der Waals surface area contributed by atoms with Crippen molar-refractivity contribution in [1.29, 1.82) is 0 Å². The Morgan fingerprint density at radius 3 is 2.81 bits per heavy atom. The number of nitrogens with one attached hydrogen (secondary N) is 2. The van der Waals surface area contributed by atoms with Crippen LogP contribution in [0.3, 0.4) is 0 Å². The van der Waals surface area contributed by atoms with Gasteiger partial charge < -0.3 is 15.7 Å². The maximum absolute atomic E-state index is 10.0. The van der Waals surface area contributed by atoms with Crippen LogP contribution in [0.25, 0.3) is 0 Å². The topological polar surface area (TPSA) is 73.7 Å². The number of para-hydroxylation sites is 2. The van der Waals surface area contributed by atoms with Gasteiger partial charge in [-0.3, -0.25) is 9.79 Å². The number of aliphatic imine (C=N–C) groups is 1. The fraction of sp³-hybridized carbons (Fsp3) is 0.0909. The van der Waals surface area contributed by atoms with E-state index in [0.717, 1.165) is 0 Å². The second-order valence-electron chi connectivity index (χ2n) is 2.87. The number of amidine groups is 1. The minimum atomic E-state index is 0.139. The number of carbonyl (C=O) groups excluding carboxylic acids is 1. The quantitative estimate of drug-likeness (QED) is 0.307. The Balaban J connectivity index is 2.71. The summed E-state index contributed by atoms with van der Waals surface area (Å²) >= 11 is 0. The van der Waals surface area contributed by atoms with Crippen LogP contribution in [0.1, 0.15) is 0 Å². The molecule has 5 heteroatoms. The van der Waals surface area contributed by atoms with Crippen molar-refractivity contribution >= 4 is 17.9 Å². The minimum absolute atomic E-state index is 0.139. The van der Waals surface area contributed by atoms with Crippen LogP contribution in [-0.2, 0) is 4.79 Å². The first-order valence-corrected chi connectivity index (χ1v) is 4.66. The highest BCUT2D eigenvalue weighted by Crippen LogP contribution is 2.21. The third kappa shape index (κ3) is 3.45. The second-order valence-corrected chi connectivity index (χ2v) is 2.87. The van der Waals surface area contributed by atoms with Gasteiger partial charge in [0.1, 0.15) is 11.6 Å². The number of hydrogen-bond acceptors (Lipinski definition) is 3. The Hall–Kier alpha value is -2.30. The minimum Gasteiger partial charge on any atom is -0.506 e. The van der Waals surface area contributed by atoms with Crippen LogP contribution in [0, 0.1) is 0 Å². The summed E-state index contributed by atoms with van der Waals surface area (Å²) in [7, 11) is 1.60. The highest BCUT2D eigenvalue weighted by molar-refractivity contribution is 6.04. The molecule has 16 heavy (non-hydrogen) atoms. The summed E-state index contributed by atoms with van der Waals surface area (Å²) in [5, 5.41) is 14.8. The number of anilines is 1. The zero-order valence-corrected chi connectivity index (χ0v) is 8.84. The standard InChI is InChI=1S/C11H13N3O2/c1-12-11(6-7-13-8-15)14-9-4-2-3-5-10(9)16/h2-8,16H,1H3,(H,12,14)(H,13,15)/b7-6-. The van der Waals surface area contributed by atoms with Crippen molar-refractivity contribution in [1.82, 2.24) is 5.32 Å². The lowest BCUT2D eigenvalue weighted by molar-refractivity contribution is -0.108. The first-order chi connectivity index (χ1) is 7.77. The van der Waals surface area contributed by atoms with Crippen molar-refractivity contribution in [3.8, 4) is 5.75 Å². The zero-order valence-electron chi connectivity index (χ0n) is 8.84. The van der Waals surface area contributed by atoms with E-state index in [0.29, 0.717) is 17.9 Å². The molecule has 0 aliphatic heterocycles. The van der Waals surface area contributed by atoms with E-state index in [9.17, 15) is 9.90 Å². The number of aromatic hydroxyl groups is 1. The average Bonchev–Trinajstić information content (AvgIpc) is 2.30. The molecule has 1 aromatic rings. The molecule has 0 bridgehead atoms. The molecule has 0 spiro atoms. The number of amides is 1. The predicted octanol–water partition coefficient (Wildman–Crippen LogP) is 1.09. The number of phenolic OH excluding ortho intramolecular Hbond substituents is 1. The van der Waals surface area contributed by atoms with Gasteiger partial charge in [0.15, 0.2) is 0 Å². The van der Waals surface area contributed by atoms with Gasteiger partial charge in [-0.2, -0.15) is 0 Å². The summed E-state index contributed by atoms with van der Waals surface area (Å²) in [5.41, 5.74) is 0.554. The maximum atomic E-state index is 10.0. The summed E-state index contributed by atoms with van der Waals surface area (Å²) in [5.74, 6) is 0.663. The summed E-state index contributed by atoms with van der Waals surface area (Å²) in [6.07, 6.45) is 3.59. The van der Waals surface area contributed by atoms with Crippen LogP contribution >= 0.6 is 0 Å². The summed E-state index contributed by atoms with van der Waals surface area (Å²) in [6.45, 7) is 0. The summed E-state index contributed by atoms with van der Waals surface area (Å²) in [6, 6.07) is 6.82. The van der Waals surface area contributed by atoms with Crippen LogP contribution in [0.5, 0.6) is 5.75 Å². The second kappa shape index (κ2) is 6.23. The van der Waals surface area contributed by atoms with E-state index in [1.54, 1.807) is 37.4 Å². The van der Waals surface area contributed by atoms with Crippen molar-refractivity contribution in [2.75, 3.05) is 12.4 Å². The smallest absolute Gasteiger partial charge is 0.211 e. The third-order valence-corrected chi connectivity index (χ3v) is 1.81. The van der Waals surface area contributed by atoms with Crippen molar-refractivity contribution in [2.24, 2.45) is 4.99 Å². The molecule has 0 radical (unpaired) electrons. The Bertz CT molecular complexity index is 413. The van der Waals surface area contributed by atoms with Gasteiger partial charge in [-0.1, -0.05) is 12.1 Å². The van der Waals surface area contributed by atoms with Crippen LogP contribution < -0.4 is 10.6 Å². The lowest BCUT2D eigenvalue weighted by Crippen LogP contribution is -2.10. The van der Waals surface area contributed by atoms with E-state index < -0.39 is 0 Å². The first kappa shape index (κ1) is 11.8. The summed E-state index contributed by atoms with van der Waals surface area (Å²) < 4.78 is 0. The van der Waals surface area contributed by atoms with Gasteiger partial charge in [-0.15, -0.1) is 0 Å². The number of hydrogen-bond donors (Lipinski definition) is 3. The van der Waals surface area contributed by atoms with E-state index in [1.165, 1.54) is 6.20 Å². The number of phenols is 1. The third-order valence-electron chi connectivity index (χ3n) is 1.81. The molecule has 0 atom stereocenters. The Kier molecular flexibility index (Phi) is 4.59. The Labute approximate surface area is 93.5 Å². The fourth-order valence-corrected chi connectivity index (χ4v) is 1.06. The van der Waals surface area contributed by atoms with Gasteiger partial charge >= 0.3 is 0 Å². The largest absolute Gasteiger partial charge is 0.506 e. The Morgan fingerprint density at radius 1 is 1.44 bits per heavy atom. The van der Waals surface area contributed by atoms with E-state index in [2.05, 4.69) is 15.6 Å². The van der Waals surface area contributed by atoms with E-state index in [1.807, 2.05) is 0 Å². The molecule has 0 aliphatic carbocycles. The molecule has 0 aliphatic rings. The van der Waals surface area contributed by atoms with Gasteiger partial charge in [0.05, 0.1) is 5.69 Å². The van der Waals surface area contributed by atoms with Crippen LogP contribution in [0.15, 0.2) is 41.5 Å². The van der Waals surface area contributed by atoms with E-state index in [-0.39, 0.29) is 5.75 Å². The SMILES string of the molecule is CN=C(/C=C\NC=O)Nc1ccccc1O. The number of nitrogens with zero attached hydrogens (tertiary/aromatic N) is 1. The fourth-order valence-electron chi connectivity index (χ4n) is 1.06. The van der Waals surface area contributed by atoms with E-state index >= 15 is 0 Å². The molecule has 5 nitrogen and oxygen atoms in total. The first-order valence-electron chi connectivity index (χ1n) is 4.66. The van der Waals surface area contributed by atoms with Crippen LogP contribution in [0.4, 0.5) is 5.69 Å². The van der Waals surface area contributed by atoms with Crippen LogP contribution in [-0.4, -0.2) is 24.4 Å². The van der Waals surface area contributed by atoms with Crippen molar-refractivity contribution in [3.05, 3.63) is 36.5 Å². The molecule has 0 aromatic heterocycles. The van der Waals surface area contributed by atoms with Crippen molar-refractivity contribution in [2.45, 2.75) is 0 Å². The van der Waals surface area contributed by atoms with Crippen molar-refractivity contribution in [3.63, 3.8) is 0 Å². The number of rotatable bonds is 4. The lowest BCUT2D eigenvalue weighted by Gasteiger charge is -2.07. The molecule has 1 aromatic carbocycles. The van der Waals surface area contributed by atoms with Gasteiger partial charge in [0.25, 0.3) is 0 Å². The number of carbonyl (C=O) groups is 1.